The maximum absolute atomic E-state index is 4.97. The Bertz CT molecular complexity index is 170. The molecule has 0 aliphatic heterocycles. The average molecular weight is 153 g/mol. The number of ether oxygens (including phenoxy) is 1. The zero-order chi connectivity index (χ0) is 7.40. The van der Waals surface area contributed by atoms with Crippen LogP contribution in [0.15, 0.2) is 23.1 Å². The Balaban J connectivity index is 2.80. The summed E-state index contributed by atoms with van der Waals surface area (Å²) in [6.45, 7) is 0. The molecular weight excluding hydrogens is 144 g/mol. The number of hydrogen-bond acceptors (Lipinski definition) is 2. The van der Waals surface area contributed by atoms with E-state index in [9.17, 15) is 0 Å². The van der Waals surface area contributed by atoms with Gasteiger partial charge in [0, 0.05) is 11.0 Å². The second-order valence-corrected chi connectivity index (χ2v) is 2.64. The van der Waals surface area contributed by atoms with Crippen molar-refractivity contribution >= 4 is 11.8 Å². The van der Waals surface area contributed by atoms with Gasteiger partial charge in [0.25, 0.3) is 0 Å². The minimum Gasteiger partial charge on any atom is -0.497 e. The molecule has 2 heteroatoms. The molecule has 0 atom stereocenters. The van der Waals surface area contributed by atoms with Gasteiger partial charge in [0.15, 0.2) is 0 Å². The number of rotatable bonds is 2. The molecule has 0 aliphatic carbocycles. The predicted octanol–water partition coefficient (Wildman–Crippen LogP) is 2.22. The Morgan fingerprint density at radius 1 is 1.50 bits per heavy atom. The van der Waals surface area contributed by atoms with Gasteiger partial charge in [0.05, 0.1) is 7.11 Å². The van der Waals surface area contributed by atoms with Crippen LogP contribution in [0.2, 0.25) is 0 Å². The molecule has 0 bridgehead atoms. The first-order valence-corrected chi connectivity index (χ1v) is 4.19. The third-order valence-electron chi connectivity index (χ3n) is 1.21. The van der Waals surface area contributed by atoms with Crippen LogP contribution in [0.1, 0.15) is 0 Å². The molecule has 10 heavy (non-hydrogen) atoms. The van der Waals surface area contributed by atoms with Gasteiger partial charge in [-0.15, -0.1) is 11.8 Å². The van der Waals surface area contributed by atoms with Crippen molar-refractivity contribution in [1.82, 2.24) is 0 Å². The highest BCUT2D eigenvalue weighted by Crippen LogP contribution is 2.17. The second kappa shape index (κ2) is 3.52. The summed E-state index contributed by atoms with van der Waals surface area (Å²) in [6, 6.07) is 8.84. The lowest BCUT2D eigenvalue weighted by molar-refractivity contribution is 0.414. The summed E-state index contributed by atoms with van der Waals surface area (Å²) in [4.78, 5) is 1.14. The number of thioether (sulfide) groups is 1. The van der Waals surface area contributed by atoms with Crippen molar-refractivity contribution in [3.8, 4) is 5.75 Å². The molecule has 1 nitrogen and oxygen atoms in total. The Hall–Kier alpha value is -0.630. The molecular formula is C8H9OS. The van der Waals surface area contributed by atoms with E-state index >= 15 is 0 Å². The molecule has 0 saturated carbocycles. The Kier molecular flexibility index (Phi) is 2.63. The van der Waals surface area contributed by atoms with Crippen molar-refractivity contribution < 1.29 is 4.74 Å². The highest BCUT2D eigenvalue weighted by atomic mass is 32.2. The number of hydrogen-bond donors (Lipinski definition) is 0. The summed E-state index contributed by atoms with van der Waals surface area (Å²) in [6.07, 6.45) is 2.03. The zero-order valence-corrected chi connectivity index (χ0v) is 6.87. The van der Waals surface area contributed by atoms with Crippen LogP contribution in [0, 0.1) is 6.07 Å². The first-order chi connectivity index (χ1) is 4.86. The van der Waals surface area contributed by atoms with Crippen molar-refractivity contribution in [1.29, 1.82) is 0 Å². The van der Waals surface area contributed by atoms with Gasteiger partial charge in [-0.25, -0.2) is 0 Å². The van der Waals surface area contributed by atoms with E-state index in [0.29, 0.717) is 0 Å². The molecule has 0 N–H and O–H groups in total. The van der Waals surface area contributed by atoms with E-state index in [4.69, 9.17) is 4.74 Å². The van der Waals surface area contributed by atoms with Crippen LogP contribution in [-0.4, -0.2) is 13.4 Å². The van der Waals surface area contributed by atoms with Gasteiger partial charge in [0.1, 0.15) is 5.75 Å². The predicted molar refractivity (Wildman–Crippen MR) is 43.6 cm³/mol. The molecule has 0 saturated heterocycles. The number of methoxy groups -OCH3 is 1. The summed E-state index contributed by atoms with van der Waals surface area (Å²) >= 11 is 1.68. The van der Waals surface area contributed by atoms with E-state index in [1.54, 1.807) is 18.9 Å². The highest BCUT2D eigenvalue weighted by molar-refractivity contribution is 7.98. The van der Waals surface area contributed by atoms with E-state index in [1.807, 2.05) is 24.5 Å². The van der Waals surface area contributed by atoms with Crippen LogP contribution >= 0.6 is 11.8 Å². The zero-order valence-electron chi connectivity index (χ0n) is 6.05. The fraction of sp³-hybridized carbons (Fsp3) is 0.250. The topological polar surface area (TPSA) is 9.23 Å². The van der Waals surface area contributed by atoms with Gasteiger partial charge in [-0.1, -0.05) is 0 Å². The van der Waals surface area contributed by atoms with E-state index < -0.39 is 0 Å². The largest absolute Gasteiger partial charge is 0.497 e. The van der Waals surface area contributed by atoms with Crippen LogP contribution in [0.4, 0.5) is 0 Å². The van der Waals surface area contributed by atoms with Gasteiger partial charge in [-0.2, -0.15) is 0 Å². The lowest BCUT2D eigenvalue weighted by Gasteiger charge is -1.98. The lowest BCUT2D eigenvalue weighted by atomic mass is 10.3. The van der Waals surface area contributed by atoms with Gasteiger partial charge in [0.2, 0.25) is 0 Å². The van der Waals surface area contributed by atoms with Gasteiger partial charge >= 0.3 is 0 Å². The minimum atomic E-state index is 0.859. The highest BCUT2D eigenvalue weighted by Gasteiger charge is 1.90. The monoisotopic (exact) mass is 153 g/mol. The Morgan fingerprint density at radius 3 is 2.70 bits per heavy atom. The van der Waals surface area contributed by atoms with Crippen molar-refractivity contribution in [2.45, 2.75) is 4.90 Å². The van der Waals surface area contributed by atoms with Gasteiger partial charge < -0.3 is 4.74 Å². The van der Waals surface area contributed by atoms with Crippen LogP contribution in [0.5, 0.6) is 5.75 Å². The van der Waals surface area contributed by atoms with Gasteiger partial charge in [-0.3, -0.25) is 0 Å². The third kappa shape index (κ3) is 1.67. The van der Waals surface area contributed by atoms with Crippen LogP contribution < -0.4 is 4.74 Å². The fourth-order valence-electron chi connectivity index (χ4n) is 0.650. The third-order valence-corrected chi connectivity index (χ3v) is 1.91. The molecule has 0 amide bonds. The van der Waals surface area contributed by atoms with Crippen LogP contribution in [0.25, 0.3) is 0 Å². The summed E-state index contributed by atoms with van der Waals surface area (Å²) in [5.74, 6) is 0.859. The molecule has 0 aliphatic rings. The van der Waals surface area contributed by atoms with E-state index in [0.717, 1.165) is 10.6 Å². The summed E-state index contributed by atoms with van der Waals surface area (Å²) in [7, 11) is 1.65. The Labute approximate surface area is 65.4 Å². The molecule has 1 aromatic carbocycles. The molecule has 0 unspecified atom stereocenters. The van der Waals surface area contributed by atoms with E-state index in [-0.39, 0.29) is 0 Å². The van der Waals surface area contributed by atoms with E-state index in [2.05, 4.69) is 6.07 Å². The summed E-state index contributed by atoms with van der Waals surface area (Å²) in [5, 5.41) is 0. The first kappa shape index (κ1) is 7.48. The molecule has 1 radical (unpaired) electrons. The van der Waals surface area contributed by atoms with E-state index in [1.165, 1.54) is 0 Å². The van der Waals surface area contributed by atoms with Crippen LogP contribution in [-0.2, 0) is 0 Å². The van der Waals surface area contributed by atoms with Crippen molar-refractivity contribution in [2.75, 3.05) is 13.4 Å². The van der Waals surface area contributed by atoms with Gasteiger partial charge in [-0.05, 0) is 24.5 Å². The Morgan fingerprint density at radius 2 is 2.30 bits per heavy atom. The maximum Gasteiger partial charge on any atom is 0.119 e. The smallest absolute Gasteiger partial charge is 0.119 e. The molecule has 0 heterocycles. The SMILES string of the molecule is COc1c[c]c(SC)cc1. The fourth-order valence-corrected chi connectivity index (χ4v) is 1.03. The van der Waals surface area contributed by atoms with Crippen molar-refractivity contribution in [3.63, 3.8) is 0 Å². The summed E-state index contributed by atoms with van der Waals surface area (Å²) < 4.78 is 4.97. The molecule has 53 valence electrons. The van der Waals surface area contributed by atoms with Crippen molar-refractivity contribution in [2.24, 2.45) is 0 Å². The normalized spacial score (nSPS) is 9.40. The molecule has 1 rings (SSSR count). The minimum absolute atomic E-state index is 0.859. The molecule has 0 spiro atoms. The molecule has 1 aromatic rings. The lowest BCUT2D eigenvalue weighted by Crippen LogP contribution is -1.80. The van der Waals surface area contributed by atoms with Crippen molar-refractivity contribution in [3.05, 3.63) is 24.3 Å². The number of benzene rings is 1. The summed E-state index contributed by atoms with van der Waals surface area (Å²) in [5.41, 5.74) is 0. The molecule has 0 fully saturated rings. The first-order valence-electron chi connectivity index (χ1n) is 2.96. The average Bonchev–Trinajstić information content (AvgIpc) is 2.05. The maximum atomic E-state index is 4.97. The van der Waals surface area contributed by atoms with Crippen LogP contribution in [0.3, 0.4) is 0 Å². The second-order valence-electron chi connectivity index (χ2n) is 1.80. The molecule has 0 aromatic heterocycles. The quantitative estimate of drug-likeness (QED) is 0.602. The standard InChI is InChI=1S/C8H9OS/c1-9-7-3-5-8(10-2)6-4-7/h3-5H,1-2H3.